The second-order valence-corrected chi connectivity index (χ2v) is 8.27. The third kappa shape index (κ3) is 4.14. The molecule has 1 aromatic carbocycles. The molecule has 1 amide bonds. The van der Waals surface area contributed by atoms with E-state index in [2.05, 4.69) is 25.6 Å². The van der Waals surface area contributed by atoms with Gasteiger partial charge in [-0.2, -0.15) is 0 Å². The van der Waals surface area contributed by atoms with Crippen LogP contribution in [0.5, 0.6) is 11.5 Å². The lowest BCUT2D eigenvalue weighted by Crippen LogP contribution is -2.13. The summed E-state index contributed by atoms with van der Waals surface area (Å²) in [7, 11) is 2.92. The Morgan fingerprint density at radius 3 is 2.44 bits per heavy atom. The average Bonchev–Trinajstić information content (AvgIpc) is 3.22. The van der Waals surface area contributed by atoms with Gasteiger partial charge in [0.05, 0.1) is 35.7 Å². The number of thiophene rings is 1. The van der Waals surface area contributed by atoms with Gasteiger partial charge < -0.3 is 20.1 Å². The zero-order chi connectivity index (χ0) is 22.8. The third-order valence-electron chi connectivity index (χ3n) is 4.57. The molecule has 164 valence electrons. The van der Waals surface area contributed by atoms with E-state index in [4.69, 9.17) is 32.7 Å². The van der Waals surface area contributed by atoms with E-state index in [-0.39, 0.29) is 15.7 Å². The van der Waals surface area contributed by atoms with Crippen molar-refractivity contribution < 1.29 is 14.3 Å². The second kappa shape index (κ2) is 9.15. The van der Waals surface area contributed by atoms with Gasteiger partial charge in [-0.15, -0.1) is 11.3 Å². The van der Waals surface area contributed by atoms with E-state index in [1.165, 1.54) is 31.9 Å². The molecular weight excluding hydrogens is 473 g/mol. The molecule has 11 heteroatoms. The average molecular weight is 490 g/mol. The highest BCUT2D eigenvalue weighted by Crippen LogP contribution is 2.44. The number of nitrogens with zero attached hydrogens (tertiary/aromatic N) is 3. The number of hydrogen-bond acceptors (Lipinski definition) is 8. The molecule has 0 atom stereocenters. The maximum absolute atomic E-state index is 13.1. The van der Waals surface area contributed by atoms with Crippen LogP contribution in [-0.2, 0) is 0 Å². The van der Waals surface area contributed by atoms with Crippen LogP contribution in [0.1, 0.15) is 15.9 Å². The number of anilines is 3. The van der Waals surface area contributed by atoms with Crippen molar-refractivity contribution in [1.82, 2.24) is 15.0 Å². The number of pyridine rings is 1. The fraction of sp³-hybridized carbons (Fsp3) is 0.143. The monoisotopic (exact) mass is 489 g/mol. The lowest BCUT2D eigenvalue weighted by molar-refractivity contribution is 0.102. The van der Waals surface area contributed by atoms with E-state index in [0.717, 1.165) is 5.56 Å². The van der Waals surface area contributed by atoms with Crippen LogP contribution in [0, 0.1) is 6.92 Å². The van der Waals surface area contributed by atoms with Gasteiger partial charge in [0.15, 0.2) is 5.82 Å². The van der Waals surface area contributed by atoms with E-state index in [9.17, 15) is 4.79 Å². The van der Waals surface area contributed by atoms with Gasteiger partial charge in [0.25, 0.3) is 5.91 Å². The third-order valence-corrected chi connectivity index (χ3v) is 6.30. The number of amides is 1. The summed E-state index contributed by atoms with van der Waals surface area (Å²) in [5, 5.41) is 7.95. The number of halogens is 2. The van der Waals surface area contributed by atoms with E-state index in [1.807, 2.05) is 19.1 Å². The standard InChI is InChI=1S/C21H17Cl2N5O3S/c1-10-4-5-24-14(6-10)27-20-19-17(25-9-26-20)11(8-32-19)21(29)28-18-15(22)12(30-2)7-13(31-3)16(18)23/h4-9H,1-3H3,(H,28,29)(H,24,25,26,27). The Morgan fingerprint density at radius 2 is 1.78 bits per heavy atom. The number of ether oxygens (including phenoxy) is 2. The summed E-state index contributed by atoms with van der Waals surface area (Å²) >= 11 is 14.1. The summed E-state index contributed by atoms with van der Waals surface area (Å²) in [6, 6.07) is 5.35. The van der Waals surface area contributed by atoms with Crippen LogP contribution >= 0.6 is 34.5 Å². The minimum atomic E-state index is -0.436. The molecule has 0 saturated heterocycles. The summed E-state index contributed by atoms with van der Waals surface area (Å²) < 4.78 is 11.2. The normalized spacial score (nSPS) is 10.8. The Hall–Kier alpha value is -3.14. The second-order valence-electron chi connectivity index (χ2n) is 6.63. The number of aromatic nitrogens is 3. The van der Waals surface area contributed by atoms with Gasteiger partial charge in [0.2, 0.25) is 0 Å². The van der Waals surface area contributed by atoms with Crippen LogP contribution in [-0.4, -0.2) is 35.1 Å². The first kappa shape index (κ1) is 22.1. The smallest absolute Gasteiger partial charge is 0.258 e. The molecule has 8 nitrogen and oxygen atoms in total. The molecule has 4 aromatic rings. The van der Waals surface area contributed by atoms with Gasteiger partial charge >= 0.3 is 0 Å². The van der Waals surface area contributed by atoms with Crippen molar-refractivity contribution in [1.29, 1.82) is 0 Å². The molecule has 0 saturated carbocycles. The molecule has 0 aliphatic rings. The van der Waals surface area contributed by atoms with Gasteiger partial charge in [-0.1, -0.05) is 23.2 Å². The topological polar surface area (TPSA) is 98.3 Å². The summed E-state index contributed by atoms with van der Waals surface area (Å²) in [4.78, 5) is 26.0. The van der Waals surface area contributed by atoms with Crippen molar-refractivity contribution in [3.8, 4) is 11.5 Å². The first-order valence-electron chi connectivity index (χ1n) is 9.26. The van der Waals surface area contributed by atoms with Crippen molar-refractivity contribution in [3.63, 3.8) is 0 Å². The molecule has 0 spiro atoms. The van der Waals surface area contributed by atoms with Crippen molar-refractivity contribution in [2.75, 3.05) is 24.9 Å². The minimum absolute atomic E-state index is 0.161. The van der Waals surface area contributed by atoms with Crippen LogP contribution in [0.2, 0.25) is 10.0 Å². The molecule has 0 radical (unpaired) electrons. The molecule has 32 heavy (non-hydrogen) atoms. The highest BCUT2D eigenvalue weighted by atomic mass is 35.5. The zero-order valence-electron chi connectivity index (χ0n) is 17.2. The predicted octanol–water partition coefficient (Wildman–Crippen LogP) is 5.71. The van der Waals surface area contributed by atoms with E-state index in [0.29, 0.717) is 38.9 Å². The Morgan fingerprint density at radius 1 is 1.06 bits per heavy atom. The first-order chi connectivity index (χ1) is 15.4. The number of carbonyl (C=O) groups excluding carboxylic acids is 1. The van der Waals surface area contributed by atoms with Crippen LogP contribution in [0.15, 0.2) is 36.1 Å². The molecule has 0 fully saturated rings. The SMILES string of the molecule is COc1cc(OC)c(Cl)c(NC(=O)c2csc3c(Nc4cc(C)ccn4)ncnc23)c1Cl. The number of benzene rings is 1. The van der Waals surface area contributed by atoms with Crippen LogP contribution in [0.25, 0.3) is 10.2 Å². The van der Waals surface area contributed by atoms with Crippen LogP contribution in [0.4, 0.5) is 17.3 Å². The minimum Gasteiger partial charge on any atom is -0.495 e. The van der Waals surface area contributed by atoms with Crippen molar-refractivity contribution in [3.05, 3.63) is 57.3 Å². The van der Waals surface area contributed by atoms with Crippen LogP contribution < -0.4 is 20.1 Å². The Labute approximate surface area is 197 Å². The number of hydrogen-bond donors (Lipinski definition) is 2. The van der Waals surface area contributed by atoms with Crippen molar-refractivity contribution in [2.24, 2.45) is 0 Å². The summed E-state index contributed by atoms with van der Waals surface area (Å²) in [5.41, 5.74) is 2.08. The van der Waals surface area contributed by atoms with Gasteiger partial charge in [-0.05, 0) is 24.6 Å². The van der Waals surface area contributed by atoms with Crippen LogP contribution in [0.3, 0.4) is 0 Å². The van der Waals surface area contributed by atoms with Gasteiger partial charge in [-0.25, -0.2) is 15.0 Å². The number of carbonyl (C=O) groups is 1. The summed E-state index contributed by atoms with van der Waals surface area (Å²) in [6.45, 7) is 1.97. The highest BCUT2D eigenvalue weighted by molar-refractivity contribution is 7.18. The number of rotatable bonds is 6. The fourth-order valence-corrected chi connectivity index (χ4v) is 4.54. The van der Waals surface area contributed by atoms with Gasteiger partial charge in [0, 0.05) is 17.6 Å². The number of methoxy groups -OCH3 is 2. The molecule has 0 aliphatic carbocycles. The quantitative estimate of drug-likeness (QED) is 0.357. The van der Waals surface area contributed by atoms with E-state index in [1.54, 1.807) is 17.6 Å². The number of fused-ring (bicyclic) bond motifs is 1. The van der Waals surface area contributed by atoms with Gasteiger partial charge in [0.1, 0.15) is 33.7 Å². The molecule has 2 N–H and O–H groups in total. The number of nitrogens with one attached hydrogen (secondary N) is 2. The highest BCUT2D eigenvalue weighted by Gasteiger charge is 2.22. The molecule has 0 unspecified atom stereocenters. The lowest BCUT2D eigenvalue weighted by Gasteiger charge is -2.15. The molecule has 3 heterocycles. The van der Waals surface area contributed by atoms with Crippen molar-refractivity contribution in [2.45, 2.75) is 6.92 Å². The zero-order valence-corrected chi connectivity index (χ0v) is 19.5. The van der Waals surface area contributed by atoms with Crippen molar-refractivity contribution >= 4 is 68.0 Å². The maximum Gasteiger partial charge on any atom is 0.258 e. The largest absolute Gasteiger partial charge is 0.495 e. The number of aryl methyl sites for hydroxylation is 1. The molecule has 3 aromatic heterocycles. The Bertz CT molecular complexity index is 1300. The van der Waals surface area contributed by atoms with Gasteiger partial charge in [-0.3, -0.25) is 4.79 Å². The Balaban J connectivity index is 1.69. The summed E-state index contributed by atoms with van der Waals surface area (Å²) in [6.07, 6.45) is 3.09. The van der Waals surface area contributed by atoms with E-state index < -0.39 is 5.91 Å². The molecular formula is C21H17Cl2N5O3S. The fourth-order valence-electron chi connectivity index (χ4n) is 3.00. The first-order valence-corrected chi connectivity index (χ1v) is 10.9. The lowest BCUT2D eigenvalue weighted by atomic mass is 10.2. The molecule has 0 bridgehead atoms. The molecule has 0 aliphatic heterocycles. The maximum atomic E-state index is 13.1. The molecule has 4 rings (SSSR count). The Kier molecular flexibility index (Phi) is 6.31. The van der Waals surface area contributed by atoms with E-state index >= 15 is 0 Å². The summed E-state index contributed by atoms with van der Waals surface area (Å²) in [5.74, 6) is 1.40. The predicted molar refractivity (Wildman–Crippen MR) is 127 cm³/mol.